The molecular weight excluding hydrogens is 288 g/mol. The molecule has 1 aromatic rings. The van der Waals surface area contributed by atoms with Crippen LogP contribution in [0, 0.1) is 12.8 Å². The van der Waals surface area contributed by atoms with Gasteiger partial charge in [-0.2, -0.15) is 0 Å². The third-order valence-electron chi connectivity index (χ3n) is 3.86. The molecule has 1 aromatic heterocycles. The van der Waals surface area contributed by atoms with E-state index in [0.717, 1.165) is 30.1 Å². The summed E-state index contributed by atoms with van der Waals surface area (Å²) < 4.78 is 0. The molecule has 0 aliphatic carbocycles. The Labute approximate surface area is 129 Å². The Kier molecular flexibility index (Phi) is 5.73. The molecule has 6 heteroatoms. The van der Waals surface area contributed by atoms with Gasteiger partial charge in [0.2, 0.25) is 5.91 Å². The van der Waals surface area contributed by atoms with Crippen LogP contribution in [0.4, 0.5) is 0 Å². The SMILES string of the molecule is Cc1csc(CCC(=O)N2CCCC(CCC(=O)O)C2)n1. The number of likely N-dealkylation sites (tertiary alicyclic amines) is 1. The smallest absolute Gasteiger partial charge is 0.303 e. The van der Waals surface area contributed by atoms with Crippen LogP contribution < -0.4 is 0 Å². The van der Waals surface area contributed by atoms with Crippen LogP contribution in [-0.2, 0) is 16.0 Å². The number of aryl methyl sites for hydroxylation is 2. The van der Waals surface area contributed by atoms with Gasteiger partial charge in [-0.25, -0.2) is 4.98 Å². The number of rotatable bonds is 6. The predicted molar refractivity (Wildman–Crippen MR) is 81.3 cm³/mol. The molecule has 1 saturated heterocycles. The van der Waals surface area contributed by atoms with Crippen molar-refractivity contribution in [2.75, 3.05) is 13.1 Å². The molecule has 0 radical (unpaired) electrons. The number of nitrogens with zero attached hydrogens (tertiary/aromatic N) is 2. The highest BCUT2D eigenvalue weighted by molar-refractivity contribution is 7.09. The molecule has 1 amide bonds. The van der Waals surface area contributed by atoms with E-state index in [1.165, 1.54) is 0 Å². The van der Waals surface area contributed by atoms with E-state index in [9.17, 15) is 9.59 Å². The van der Waals surface area contributed by atoms with Crippen LogP contribution >= 0.6 is 11.3 Å². The van der Waals surface area contributed by atoms with Crippen molar-refractivity contribution in [3.05, 3.63) is 16.1 Å². The Morgan fingerprint density at radius 1 is 1.48 bits per heavy atom. The summed E-state index contributed by atoms with van der Waals surface area (Å²) in [4.78, 5) is 29.2. The average Bonchev–Trinajstić information content (AvgIpc) is 2.88. The van der Waals surface area contributed by atoms with Crippen LogP contribution in [0.1, 0.15) is 42.8 Å². The fraction of sp³-hybridized carbons (Fsp3) is 0.667. The zero-order chi connectivity index (χ0) is 15.2. The molecule has 0 aromatic carbocycles. The van der Waals surface area contributed by atoms with E-state index in [4.69, 9.17) is 5.11 Å². The van der Waals surface area contributed by atoms with Crippen LogP contribution in [0.3, 0.4) is 0 Å². The van der Waals surface area contributed by atoms with Crippen molar-refractivity contribution in [3.63, 3.8) is 0 Å². The summed E-state index contributed by atoms with van der Waals surface area (Å²) in [6.07, 6.45) is 4.08. The summed E-state index contributed by atoms with van der Waals surface area (Å²) in [5.74, 6) is -0.249. The predicted octanol–water partition coefficient (Wildman–Crippen LogP) is 2.49. The van der Waals surface area contributed by atoms with E-state index in [1.54, 1.807) is 11.3 Å². The topological polar surface area (TPSA) is 70.5 Å². The maximum atomic E-state index is 12.2. The lowest BCUT2D eigenvalue weighted by Crippen LogP contribution is -2.40. The maximum absolute atomic E-state index is 12.2. The number of aromatic nitrogens is 1. The van der Waals surface area contributed by atoms with Gasteiger partial charge < -0.3 is 10.0 Å². The Morgan fingerprint density at radius 3 is 2.95 bits per heavy atom. The minimum atomic E-state index is -0.752. The maximum Gasteiger partial charge on any atom is 0.303 e. The summed E-state index contributed by atoms with van der Waals surface area (Å²) >= 11 is 1.60. The monoisotopic (exact) mass is 310 g/mol. The second-order valence-electron chi connectivity index (χ2n) is 5.66. The average molecular weight is 310 g/mol. The summed E-state index contributed by atoms with van der Waals surface area (Å²) in [6.45, 7) is 3.47. The zero-order valence-electron chi connectivity index (χ0n) is 12.4. The van der Waals surface area contributed by atoms with Crippen molar-refractivity contribution < 1.29 is 14.7 Å². The van der Waals surface area contributed by atoms with Gasteiger partial charge in [-0.3, -0.25) is 9.59 Å². The Bertz CT molecular complexity index is 501. The third-order valence-corrected chi connectivity index (χ3v) is 4.88. The van der Waals surface area contributed by atoms with E-state index in [-0.39, 0.29) is 12.3 Å². The minimum Gasteiger partial charge on any atom is -0.481 e. The molecule has 1 N–H and O–H groups in total. The molecule has 1 fully saturated rings. The fourth-order valence-corrected chi connectivity index (χ4v) is 3.52. The molecule has 5 nitrogen and oxygen atoms in total. The van der Waals surface area contributed by atoms with Crippen LogP contribution in [0.2, 0.25) is 0 Å². The van der Waals surface area contributed by atoms with Crippen LogP contribution in [0.5, 0.6) is 0 Å². The van der Waals surface area contributed by atoms with Crippen molar-refractivity contribution >= 4 is 23.2 Å². The molecule has 0 spiro atoms. The Hall–Kier alpha value is -1.43. The standard InChI is InChI=1S/C15H22N2O3S/c1-11-10-21-13(16-11)5-6-14(18)17-8-2-3-12(9-17)4-7-15(19)20/h10,12H,2-9H2,1H3,(H,19,20). The Morgan fingerprint density at radius 2 is 2.29 bits per heavy atom. The summed E-state index contributed by atoms with van der Waals surface area (Å²) in [6, 6.07) is 0. The van der Waals surface area contributed by atoms with Gasteiger partial charge in [0, 0.05) is 43.4 Å². The van der Waals surface area contributed by atoms with Gasteiger partial charge in [-0.15, -0.1) is 11.3 Å². The van der Waals surface area contributed by atoms with Gasteiger partial charge in [0.25, 0.3) is 0 Å². The van der Waals surface area contributed by atoms with Crippen LogP contribution in [0.15, 0.2) is 5.38 Å². The second-order valence-corrected chi connectivity index (χ2v) is 6.61. The lowest BCUT2D eigenvalue weighted by Gasteiger charge is -2.32. The highest BCUT2D eigenvalue weighted by Crippen LogP contribution is 2.22. The summed E-state index contributed by atoms with van der Waals surface area (Å²) in [5.41, 5.74) is 1.01. The van der Waals surface area contributed by atoms with Crippen molar-refractivity contribution in [3.8, 4) is 0 Å². The molecule has 1 unspecified atom stereocenters. The quantitative estimate of drug-likeness (QED) is 0.876. The van der Waals surface area contributed by atoms with Crippen molar-refractivity contribution in [2.45, 2.75) is 45.4 Å². The first kappa shape index (κ1) is 15.9. The van der Waals surface area contributed by atoms with Crippen LogP contribution in [0.25, 0.3) is 0 Å². The fourth-order valence-electron chi connectivity index (χ4n) is 2.74. The summed E-state index contributed by atoms with van der Waals surface area (Å²) in [7, 11) is 0. The highest BCUT2D eigenvalue weighted by Gasteiger charge is 2.23. The number of piperidine rings is 1. The van der Waals surface area contributed by atoms with E-state index in [1.807, 2.05) is 17.2 Å². The first-order valence-corrected chi connectivity index (χ1v) is 8.33. The zero-order valence-corrected chi connectivity index (χ0v) is 13.2. The number of carboxylic acid groups (broad SMARTS) is 1. The molecule has 1 atom stereocenters. The van der Waals surface area contributed by atoms with Crippen molar-refractivity contribution in [2.24, 2.45) is 5.92 Å². The molecule has 116 valence electrons. The van der Waals surface area contributed by atoms with Crippen LogP contribution in [-0.4, -0.2) is 40.0 Å². The second kappa shape index (κ2) is 7.54. The minimum absolute atomic E-state index is 0.169. The molecule has 2 rings (SSSR count). The molecule has 0 bridgehead atoms. The van der Waals surface area contributed by atoms with E-state index < -0.39 is 5.97 Å². The highest BCUT2D eigenvalue weighted by atomic mass is 32.1. The molecule has 2 heterocycles. The largest absolute Gasteiger partial charge is 0.481 e. The first-order chi connectivity index (χ1) is 10.0. The summed E-state index contributed by atoms with van der Waals surface area (Å²) in [5, 5.41) is 11.8. The van der Waals surface area contributed by atoms with Gasteiger partial charge in [0.15, 0.2) is 0 Å². The van der Waals surface area contributed by atoms with Gasteiger partial charge >= 0.3 is 5.97 Å². The van der Waals surface area contributed by atoms with Gasteiger partial charge in [-0.1, -0.05) is 0 Å². The van der Waals surface area contributed by atoms with E-state index in [0.29, 0.717) is 31.7 Å². The van der Waals surface area contributed by atoms with E-state index in [2.05, 4.69) is 4.98 Å². The van der Waals surface area contributed by atoms with Crippen molar-refractivity contribution in [1.29, 1.82) is 0 Å². The van der Waals surface area contributed by atoms with Gasteiger partial charge in [-0.05, 0) is 32.1 Å². The normalized spacial score (nSPS) is 18.7. The van der Waals surface area contributed by atoms with E-state index >= 15 is 0 Å². The number of carbonyl (C=O) groups is 2. The molecule has 21 heavy (non-hydrogen) atoms. The number of thiazole rings is 1. The molecular formula is C15H22N2O3S. The van der Waals surface area contributed by atoms with Crippen molar-refractivity contribution in [1.82, 2.24) is 9.88 Å². The molecule has 0 saturated carbocycles. The number of carbonyl (C=O) groups excluding carboxylic acids is 1. The lowest BCUT2D eigenvalue weighted by molar-refractivity contribution is -0.137. The molecule has 1 aliphatic heterocycles. The van der Waals surface area contributed by atoms with Gasteiger partial charge in [0.05, 0.1) is 5.01 Å². The number of aliphatic carboxylic acids is 1. The number of hydrogen-bond donors (Lipinski definition) is 1. The Balaban J connectivity index is 1.77. The number of amides is 1. The number of carboxylic acids is 1. The van der Waals surface area contributed by atoms with Gasteiger partial charge in [0.1, 0.15) is 0 Å². The number of hydrogen-bond acceptors (Lipinski definition) is 4. The first-order valence-electron chi connectivity index (χ1n) is 7.45. The third kappa shape index (κ3) is 5.12. The molecule has 1 aliphatic rings. The lowest BCUT2D eigenvalue weighted by atomic mass is 9.93.